The first kappa shape index (κ1) is 15.8. The molecule has 0 aliphatic heterocycles. The van der Waals surface area contributed by atoms with Gasteiger partial charge in [-0.05, 0) is 35.0 Å². The van der Waals surface area contributed by atoms with Gasteiger partial charge in [0, 0.05) is 16.6 Å². The number of aryl methyl sites for hydroxylation is 1. The van der Waals surface area contributed by atoms with Crippen molar-refractivity contribution in [2.45, 2.75) is 26.5 Å². The molecular formula is C14H12ClFN4O2S. The third kappa shape index (κ3) is 3.18. The number of carbonyl (C=O) groups is 1. The number of nitrogens with zero attached hydrogens (tertiary/aromatic N) is 4. The highest BCUT2D eigenvalue weighted by molar-refractivity contribution is 7.21. The first-order chi connectivity index (χ1) is 11.1. The standard InChI is InChI=1S/C14H12ClFN4O2S/c1-2-5-20-11(17-18-19-20)7-22-14(21)13-12(15)9-4-3-8(16)6-10(9)23-13/h3-4,6H,2,5,7H2,1H3. The summed E-state index contributed by atoms with van der Waals surface area (Å²) >= 11 is 7.28. The van der Waals surface area contributed by atoms with Gasteiger partial charge in [0.25, 0.3) is 0 Å². The van der Waals surface area contributed by atoms with Crippen molar-refractivity contribution in [1.29, 1.82) is 0 Å². The van der Waals surface area contributed by atoms with Crippen LogP contribution in [-0.2, 0) is 17.9 Å². The highest BCUT2D eigenvalue weighted by Gasteiger charge is 2.20. The van der Waals surface area contributed by atoms with E-state index in [1.807, 2.05) is 6.92 Å². The van der Waals surface area contributed by atoms with Gasteiger partial charge in [-0.3, -0.25) is 0 Å². The summed E-state index contributed by atoms with van der Waals surface area (Å²) in [7, 11) is 0. The van der Waals surface area contributed by atoms with E-state index in [-0.39, 0.29) is 22.3 Å². The fraction of sp³-hybridized carbons (Fsp3) is 0.286. The zero-order chi connectivity index (χ0) is 16.4. The molecule has 0 N–H and O–H groups in total. The summed E-state index contributed by atoms with van der Waals surface area (Å²) in [5, 5.41) is 12.1. The van der Waals surface area contributed by atoms with Crippen LogP contribution < -0.4 is 0 Å². The number of rotatable bonds is 5. The van der Waals surface area contributed by atoms with Crippen LogP contribution in [0.5, 0.6) is 0 Å². The maximum Gasteiger partial charge on any atom is 0.350 e. The molecule has 6 nitrogen and oxygen atoms in total. The minimum atomic E-state index is -0.581. The molecule has 1 aromatic carbocycles. The summed E-state index contributed by atoms with van der Waals surface area (Å²) in [6.07, 6.45) is 0.861. The van der Waals surface area contributed by atoms with Crippen LogP contribution in [0.3, 0.4) is 0 Å². The summed E-state index contributed by atoms with van der Waals surface area (Å²) < 4.78 is 20.7. The number of benzene rings is 1. The Morgan fingerprint density at radius 3 is 3.09 bits per heavy atom. The number of hydrogen-bond donors (Lipinski definition) is 0. The number of halogens is 2. The normalized spacial score (nSPS) is 11.1. The molecule has 0 amide bonds. The average Bonchev–Trinajstić information content (AvgIpc) is 3.10. The molecule has 2 aromatic heterocycles. The average molecular weight is 355 g/mol. The fourth-order valence-corrected chi connectivity index (χ4v) is 3.51. The number of esters is 1. The Bertz CT molecular complexity index is 864. The SMILES string of the molecule is CCCn1nnnc1COC(=O)c1sc2cc(F)ccc2c1Cl. The number of fused-ring (bicyclic) bond motifs is 1. The lowest BCUT2D eigenvalue weighted by Crippen LogP contribution is -2.10. The zero-order valence-electron chi connectivity index (χ0n) is 12.1. The van der Waals surface area contributed by atoms with Crippen molar-refractivity contribution in [1.82, 2.24) is 20.2 Å². The second-order valence-corrected chi connectivity index (χ2v) is 6.21. The molecule has 0 atom stereocenters. The van der Waals surface area contributed by atoms with Gasteiger partial charge in [-0.15, -0.1) is 16.4 Å². The molecule has 0 bridgehead atoms. The Morgan fingerprint density at radius 2 is 2.30 bits per heavy atom. The number of tetrazole rings is 1. The van der Waals surface area contributed by atoms with Crippen molar-refractivity contribution in [3.05, 3.63) is 39.7 Å². The molecule has 0 saturated heterocycles. The van der Waals surface area contributed by atoms with E-state index < -0.39 is 5.97 Å². The van der Waals surface area contributed by atoms with Gasteiger partial charge in [0.1, 0.15) is 10.7 Å². The molecule has 9 heteroatoms. The van der Waals surface area contributed by atoms with Crippen molar-refractivity contribution in [2.24, 2.45) is 0 Å². The van der Waals surface area contributed by atoms with Crippen LogP contribution in [0, 0.1) is 5.82 Å². The third-order valence-electron chi connectivity index (χ3n) is 3.15. The predicted octanol–water partition coefficient (Wildman–Crippen LogP) is 3.45. The number of thiophene rings is 1. The van der Waals surface area contributed by atoms with Crippen LogP contribution >= 0.6 is 22.9 Å². The van der Waals surface area contributed by atoms with Crippen molar-refractivity contribution in [3.8, 4) is 0 Å². The third-order valence-corrected chi connectivity index (χ3v) is 4.79. The molecule has 2 heterocycles. The smallest absolute Gasteiger partial charge is 0.350 e. The first-order valence-corrected chi connectivity index (χ1v) is 8.09. The number of carbonyl (C=O) groups excluding carboxylic acids is 1. The maximum absolute atomic E-state index is 13.3. The van der Waals surface area contributed by atoms with E-state index in [2.05, 4.69) is 15.5 Å². The fourth-order valence-electron chi connectivity index (χ4n) is 2.08. The minimum Gasteiger partial charge on any atom is -0.453 e. The Labute approximate surface area is 139 Å². The topological polar surface area (TPSA) is 69.9 Å². The Balaban J connectivity index is 1.78. The van der Waals surface area contributed by atoms with Gasteiger partial charge >= 0.3 is 5.97 Å². The van der Waals surface area contributed by atoms with E-state index in [1.54, 1.807) is 10.7 Å². The molecule has 120 valence electrons. The number of hydrogen-bond acceptors (Lipinski definition) is 6. The molecule has 0 unspecified atom stereocenters. The van der Waals surface area contributed by atoms with Gasteiger partial charge < -0.3 is 4.74 Å². The lowest BCUT2D eigenvalue weighted by atomic mass is 10.2. The van der Waals surface area contributed by atoms with E-state index in [1.165, 1.54) is 12.1 Å². The van der Waals surface area contributed by atoms with Gasteiger partial charge in [-0.25, -0.2) is 13.9 Å². The molecule has 0 aliphatic carbocycles. The minimum absolute atomic E-state index is 0.0508. The zero-order valence-corrected chi connectivity index (χ0v) is 13.7. The second kappa shape index (κ2) is 6.59. The van der Waals surface area contributed by atoms with E-state index in [0.717, 1.165) is 17.8 Å². The molecular weight excluding hydrogens is 343 g/mol. The summed E-state index contributed by atoms with van der Waals surface area (Å²) in [6, 6.07) is 4.18. The van der Waals surface area contributed by atoms with E-state index in [9.17, 15) is 9.18 Å². The van der Waals surface area contributed by atoms with Crippen LogP contribution in [-0.4, -0.2) is 26.2 Å². The van der Waals surface area contributed by atoms with Gasteiger partial charge in [0.2, 0.25) is 0 Å². The van der Waals surface area contributed by atoms with Gasteiger partial charge in [0.15, 0.2) is 12.4 Å². The van der Waals surface area contributed by atoms with Crippen molar-refractivity contribution in [3.63, 3.8) is 0 Å². The van der Waals surface area contributed by atoms with Gasteiger partial charge in [-0.1, -0.05) is 18.5 Å². The van der Waals surface area contributed by atoms with Crippen molar-refractivity contribution >= 4 is 39.0 Å². The molecule has 0 aliphatic rings. The number of ether oxygens (including phenoxy) is 1. The quantitative estimate of drug-likeness (QED) is 0.656. The summed E-state index contributed by atoms with van der Waals surface area (Å²) in [4.78, 5) is 12.5. The summed E-state index contributed by atoms with van der Waals surface area (Å²) in [5.41, 5.74) is 0. The summed E-state index contributed by atoms with van der Waals surface area (Å²) in [5.74, 6) is -0.500. The first-order valence-electron chi connectivity index (χ1n) is 6.90. The van der Waals surface area contributed by atoms with Crippen LogP contribution in [0.25, 0.3) is 10.1 Å². The molecule has 0 saturated carbocycles. The van der Waals surface area contributed by atoms with Gasteiger partial charge in [-0.2, -0.15) is 0 Å². The maximum atomic E-state index is 13.3. The molecule has 0 spiro atoms. The molecule has 3 aromatic rings. The Morgan fingerprint density at radius 1 is 1.48 bits per heavy atom. The second-order valence-electron chi connectivity index (χ2n) is 4.78. The monoisotopic (exact) mass is 354 g/mol. The van der Waals surface area contributed by atoms with Crippen molar-refractivity contribution < 1.29 is 13.9 Å². The van der Waals surface area contributed by atoms with E-state index in [4.69, 9.17) is 16.3 Å². The van der Waals surface area contributed by atoms with Crippen LogP contribution in [0.15, 0.2) is 18.2 Å². The van der Waals surface area contributed by atoms with E-state index >= 15 is 0 Å². The van der Waals surface area contributed by atoms with E-state index in [0.29, 0.717) is 22.5 Å². The lowest BCUT2D eigenvalue weighted by molar-refractivity contribution is 0.0462. The number of aromatic nitrogens is 4. The van der Waals surface area contributed by atoms with Crippen LogP contribution in [0.1, 0.15) is 28.8 Å². The van der Waals surface area contributed by atoms with Crippen LogP contribution in [0.2, 0.25) is 5.02 Å². The molecule has 23 heavy (non-hydrogen) atoms. The van der Waals surface area contributed by atoms with Gasteiger partial charge in [0.05, 0.1) is 5.02 Å². The van der Waals surface area contributed by atoms with Crippen molar-refractivity contribution in [2.75, 3.05) is 0 Å². The lowest BCUT2D eigenvalue weighted by Gasteiger charge is -2.04. The predicted molar refractivity (Wildman–Crippen MR) is 84.0 cm³/mol. The highest BCUT2D eigenvalue weighted by atomic mass is 35.5. The molecule has 0 fully saturated rings. The highest BCUT2D eigenvalue weighted by Crippen LogP contribution is 2.36. The molecule has 0 radical (unpaired) electrons. The largest absolute Gasteiger partial charge is 0.453 e. The molecule has 3 rings (SSSR count). The summed E-state index contributed by atoms with van der Waals surface area (Å²) in [6.45, 7) is 2.58. The Kier molecular flexibility index (Phi) is 4.53. The van der Waals surface area contributed by atoms with Crippen LogP contribution in [0.4, 0.5) is 4.39 Å². The Hall–Kier alpha value is -2.06.